The number of rotatable bonds is 4. The van der Waals surface area contributed by atoms with Crippen molar-refractivity contribution in [2.75, 3.05) is 6.61 Å². The molecular formula is C14H22N2O4. The fourth-order valence-electron chi connectivity index (χ4n) is 1.68. The molecule has 112 valence electrons. The van der Waals surface area contributed by atoms with Crippen LogP contribution in [-0.4, -0.2) is 29.3 Å². The number of ether oxygens (including phenoxy) is 2. The quantitative estimate of drug-likeness (QED) is 0.832. The van der Waals surface area contributed by atoms with Crippen LogP contribution in [0.3, 0.4) is 0 Å². The number of carbonyl (C=O) groups is 2. The van der Waals surface area contributed by atoms with Crippen molar-refractivity contribution >= 4 is 12.1 Å². The van der Waals surface area contributed by atoms with Gasteiger partial charge in [0.1, 0.15) is 5.60 Å². The summed E-state index contributed by atoms with van der Waals surface area (Å²) >= 11 is 0. The van der Waals surface area contributed by atoms with Crippen molar-refractivity contribution in [3.05, 3.63) is 23.5 Å². The van der Waals surface area contributed by atoms with Gasteiger partial charge in [0.25, 0.3) is 0 Å². The molecule has 0 fully saturated rings. The first-order chi connectivity index (χ1) is 9.24. The molecule has 0 bridgehead atoms. The molecule has 1 heterocycles. The highest BCUT2D eigenvalue weighted by atomic mass is 16.6. The van der Waals surface area contributed by atoms with Crippen LogP contribution in [0.15, 0.2) is 12.4 Å². The van der Waals surface area contributed by atoms with Gasteiger partial charge in [-0.05, 0) is 34.6 Å². The Kier molecular flexibility index (Phi) is 5.19. The van der Waals surface area contributed by atoms with Crippen molar-refractivity contribution in [3.8, 4) is 0 Å². The van der Waals surface area contributed by atoms with Gasteiger partial charge in [0.2, 0.25) is 0 Å². The zero-order valence-corrected chi connectivity index (χ0v) is 12.6. The van der Waals surface area contributed by atoms with E-state index in [1.54, 1.807) is 47.0 Å². The number of nitrogens with one attached hydrogen (secondary N) is 2. The third kappa shape index (κ3) is 4.60. The molecular weight excluding hydrogens is 260 g/mol. The first-order valence-electron chi connectivity index (χ1n) is 6.58. The summed E-state index contributed by atoms with van der Waals surface area (Å²) in [6.45, 7) is 9.19. The highest BCUT2D eigenvalue weighted by Gasteiger charge is 2.22. The van der Waals surface area contributed by atoms with Crippen LogP contribution in [0, 0.1) is 0 Å². The summed E-state index contributed by atoms with van der Waals surface area (Å²) in [6.07, 6.45) is 2.69. The van der Waals surface area contributed by atoms with Crippen molar-refractivity contribution in [2.45, 2.75) is 46.3 Å². The van der Waals surface area contributed by atoms with Crippen LogP contribution in [0.1, 0.15) is 56.6 Å². The van der Waals surface area contributed by atoms with E-state index in [1.165, 1.54) is 0 Å². The molecule has 1 amide bonds. The van der Waals surface area contributed by atoms with Crippen LogP contribution in [0.5, 0.6) is 0 Å². The first-order valence-corrected chi connectivity index (χ1v) is 6.58. The monoisotopic (exact) mass is 282 g/mol. The summed E-state index contributed by atoms with van der Waals surface area (Å²) in [5, 5.41) is 2.69. The van der Waals surface area contributed by atoms with E-state index in [4.69, 9.17) is 9.47 Å². The lowest BCUT2D eigenvalue weighted by molar-refractivity contribution is 0.0490. The molecule has 1 rings (SSSR count). The Balaban J connectivity index is 2.73. The third-order valence-electron chi connectivity index (χ3n) is 2.47. The Morgan fingerprint density at radius 1 is 1.35 bits per heavy atom. The summed E-state index contributed by atoms with van der Waals surface area (Å²) in [6, 6.07) is -0.365. The van der Waals surface area contributed by atoms with Gasteiger partial charge in [-0.15, -0.1) is 0 Å². The SMILES string of the molecule is CCOC(=O)c1c[nH]cc1[C@H](C)NC(=O)OC(C)(C)C. The van der Waals surface area contributed by atoms with E-state index in [0.29, 0.717) is 17.7 Å². The Bertz CT molecular complexity index is 474. The van der Waals surface area contributed by atoms with Gasteiger partial charge < -0.3 is 19.8 Å². The molecule has 6 heteroatoms. The summed E-state index contributed by atoms with van der Waals surface area (Å²) in [7, 11) is 0. The molecule has 1 aromatic heterocycles. The van der Waals surface area contributed by atoms with E-state index in [9.17, 15) is 9.59 Å². The standard InChI is InChI=1S/C14H22N2O4/c1-6-19-12(17)11-8-15-7-10(11)9(2)16-13(18)20-14(3,4)5/h7-9,15H,6H2,1-5H3,(H,16,18)/t9-/m0/s1. The van der Waals surface area contributed by atoms with Crippen molar-refractivity contribution < 1.29 is 19.1 Å². The lowest BCUT2D eigenvalue weighted by Crippen LogP contribution is -2.34. The van der Waals surface area contributed by atoms with Gasteiger partial charge in [0.15, 0.2) is 0 Å². The topological polar surface area (TPSA) is 80.4 Å². The largest absolute Gasteiger partial charge is 0.462 e. The molecule has 0 unspecified atom stereocenters. The van der Waals surface area contributed by atoms with Gasteiger partial charge in [-0.3, -0.25) is 0 Å². The minimum Gasteiger partial charge on any atom is -0.462 e. The second kappa shape index (κ2) is 6.45. The minimum atomic E-state index is -0.564. The average Bonchev–Trinajstić information content (AvgIpc) is 2.75. The first kappa shape index (κ1) is 16.1. The van der Waals surface area contributed by atoms with Crippen LogP contribution >= 0.6 is 0 Å². The predicted octanol–water partition coefficient (Wildman–Crippen LogP) is 2.78. The molecule has 0 saturated heterocycles. The smallest absolute Gasteiger partial charge is 0.408 e. The molecule has 6 nitrogen and oxygen atoms in total. The van der Waals surface area contributed by atoms with Crippen molar-refractivity contribution in [1.82, 2.24) is 10.3 Å². The van der Waals surface area contributed by atoms with Crippen molar-refractivity contribution in [2.24, 2.45) is 0 Å². The lowest BCUT2D eigenvalue weighted by Gasteiger charge is -2.22. The molecule has 0 spiro atoms. The zero-order chi connectivity index (χ0) is 15.3. The van der Waals surface area contributed by atoms with Gasteiger partial charge in [-0.25, -0.2) is 9.59 Å². The Hall–Kier alpha value is -1.98. The fraction of sp³-hybridized carbons (Fsp3) is 0.571. The van der Waals surface area contributed by atoms with E-state index < -0.39 is 17.7 Å². The van der Waals surface area contributed by atoms with Gasteiger partial charge in [0, 0.05) is 18.0 Å². The second-order valence-corrected chi connectivity index (χ2v) is 5.41. The van der Waals surface area contributed by atoms with E-state index in [0.717, 1.165) is 0 Å². The highest BCUT2D eigenvalue weighted by Crippen LogP contribution is 2.19. The number of hydrogen-bond donors (Lipinski definition) is 2. The van der Waals surface area contributed by atoms with Crippen LogP contribution in [0.4, 0.5) is 4.79 Å². The molecule has 1 aromatic rings. The maximum absolute atomic E-state index is 11.8. The van der Waals surface area contributed by atoms with E-state index in [1.807, 2.05) is 0 Å². The van der Waals surface area contributed by atoms with Crippen LogP contribution in [0.25, 0.3) is 0 Å². The van der Waals surface area contributed by atoms with E-state index in [2.05, 4.69) is 10.3 Å². The van der Waals surface area contributed by atoms with Crippen molar-refractivity contribution in [3.63, 3.8) is 0 Å². The Labute approximate surface area is 118 Å². The normalized spacial score (nSPS) is 12.7. The zero-order valence-electron chi connectivity index (χ0n) is 12.6. The number of H-pyrrole nitrogens is 1. The molecule has 0 aliphatic carbocycles. The van der Waals surface area contributed by atoms with E-state index >= 15 is 0 Å². The number of aromatic nitrogens is 1. The number of hydrogen-bond acceptors (Lipinski definition) is 4. The van der Waals surface area contributed by atoms with Gasteiger partial charge in [-0.1, -0.05) is 0 Å². The maximum Gasteiger partial charge on any atom is 0.408 e. The van der Waals surface area contributed by atoms with Crippen LogP contribution in [0.2, 0.25) is 0 Å². The minimum absolute atomic E-state index is 0.303. The molecule has 0 aromatic carbocycles. The number of alkyl carbamates (subject to hydrolysis) is 1. The molecule has 0 saturated carbocycles. The highest BCUT2D eigenvalue weighted by molar-refractivity contribution is 5.91. The Morgan fingerprint density at radius 3 is 2.55 bits per heavy atom. The molecule has 1 atom stereocenters. The number of aromatic amines is 1. The van der Waals surface area contributed by atoms with E-state index in [-0.39, 0.29) is 6.04 Å². The third-order valence-corrected chi connectivity index (χ3v) is 2.47. The van der Waals surface area contributed by atoms with Gasteiger partial charge in [-0.2, -0.15) is 0 Å². The molecule has 0 aliphatic rings. The van der Waals surface area contributed by atoms with Gasteiger partial charge >= 0.3 is 12.1 Å². The Morgan fingerprint density at radius 2 is 2.00 bits per heavy atom. The second-order valence-electron chi connectivity index (χ2n) is 5.41. The maximum atomic E-state index is 11.8. The lowest BCUT2D eigenvalue weighted by atomic mass is 10.1. The summed E-state index contributed by atoms with van der Waals surface area (Å²) in [4.78, 5) is 26.3. The molecule has 20 heavy (non-hydrogen) atoms. The molecule has 2 N–H and O–H groups in total. The van der Waals surface area contributed by atoms with Gasteiger partial charge in [0.05, 0.1) is 18.2 Å². The summed E-state index contributed by atoms with van der Waals surface area (Å²) < 4.78 is 10.1. The van der Waals surface area contributed by atoms with Crippen LogP contribution in [-0.2, 0) is 9.47 Å². The van der Waals surface area contributed by atoms with Crippen LogP contribution < -0.4 is 5.32 Å². The number of carbonyl (C=O) groups excluding carboxylic acids is 2. The number of amides is 1. The molecule has 0 radical (unpaired) electrons. The average molecular weight is 282 g/mol. The number of esters is 1. The fourth-order valence-corrected chi connectivity index (χ4v) is 1.68. The summed E-state index contributed by atoms with van der Waals surface area (Å²) in [5.41, 5.74) is 0.510. The summed E-state index contributed by atoms with van der Waals surface area (Å²) in [5.74, 6) is -0.415. The molecule has 0 aliphatic heterocycles. The van der Waals surface area contributed by atoms with Crippen molar-refractivity contribution in [1.29, 1.82) is 0 Å². The predicted molar refractivity (Wildman–Crippen MR) is 74.5 cm³/mol.